The largest absolute Gasteiger partial charge is 0.573 e. The minimum atomic E-state index is -5.00. The highest BCUT2D eigenvalue weighted by atomic mass is 32.2. The number of benzene rings is 1. The second-order valence-electron chi connectivity index (χ2n) is 7.86. The lowest BCUT2D eigenvalue weighted by Gasteiger charge is -2.35. The highest BCUT2D eigenvalue weighted by Crippen LogP contribution is 2.32. The Morgan fingerprint density at radius 3 is 2.21 bits per heavy atom. The van der Waals surface area contributed by atoms with Gasteiger partial charge in [0.15, 0.2) is 5.82 Å². The lowest BCUT2D eigenvalue weighted by molar-refractivity contribution is -0.275. The van der Waals surface area contributed by atoms with E-state index < -0.39 is 27.0 Å². The van der Waals surface area contributed by atoms with Crippen LogP contribution in [0.4, 0.5) is 19.0 Å². The Balaban J connectivity index is 1.54. The van der Waals surface area contributed by atoms with Crippen molar-refractivity contribution in [1.29, 1.82) is 0 Å². The Bertz CT molecular complexity index is 1300. The molecule has 1 aliphatic heterocycles. The third kappa shape index (κ3) is 4.99. The van der Waals surface area contributed by atoms with Crippen LogP contribution in [-0.4, -0.2) is 65.0 Å². The fourth-order valence-electron chi connectivity index (χ4n) is 3.84. The molecule has 2 aromatic heterocycles. The van der Waals surface area contributed by atoms with Crippen LogP contribution >= 0.6 is 0 Å². The first-order chi connectivity index (χ1) is 15.9. The number of alkyl halides is 3. The number of piperazine rings is 1. The van der Waals surface area contributed by atoms with Gasteiger partial charge in [0.1, 0.15) is 22.3 Å². The molecule has 0 aliphatic carbocycles. The van der Waals surface area contributed by atoms with Gasteiger partial charge in [-0.3, -0.25) is 0 Å². The highest BCUT2D eigenvalue weighted by Gasteiger charge is 2.36. The van der Waals surface area contributed by atoms with Crippen molar-refractivity contribution < 1.29 is 26.3 Å². The zero-order valence-corrected chi connectivity index (χ0v) is 19.6. The number of anilines is 1. The van der Waals surface area contributed by atoms with E-state index in [0.717, 1.165) is 27.8 Å². The number of ether oxygens (including phenoxy) is 1. The average molecular weight is 497 g/mol. The maximum atomic E-state index is 13.1. The number of hydrogen-bond acceptors (Lipinski definition) is 7. The van der Waals surface area contributed by atoms with Gasteiger partial charge in [-0.15, -0.1) is 13.2 Å². The maximum Gasteiger partial charge on any atom is 0.573 e. The van der Waals surface area contributed by atoms with Crippen molar-refractivity contribution in [1.82, 2.24) is 24.1 Å². The molecule has 3 aromatic rings. The number of hydrogen-bond donors (Lipinski definition) is 0. The fourth-order valence-corrected chi connectivity index (χ4v) is 5.37. The molecule has 34 heavy (non-hydrogen) atoms. The summed E-state index contributed by atoms with van der Waals surface area (Å²) in [5.41, 5.74) is 1.76. The molecule has 0 unspecified atom stereocenters. The molecule has 0 radical (unpaired) electrons. The Labute approximate surface area is 194 Å². The third-order valence-corrected chi connectivity index (χ3v) is 7.23. The van der Waals surface area contributed by atoms with E-state index in [-0.39, 0.29) is 13.1 Å². The van der Waals surface area contributed by atoms with Crippen molar-refractivity contribution in [2.24, 2.45) is 0 Å². The molecule has 9 nitrogen and oxygen atoms in total. The summed E-state index contributed by atoms with van der Waals surface area (Å²) in [5.74, 6) is 1.00. The number of aryl methyl sites for hydroxylation is 3. The molecule has 0 amide bonds. The van der Waals surface area contributed by atoms with Gasteiger partial charge in [-0.1, -0.05) is 12.1 Å². The molecule has 1 saturated heterocycles. The molecule has 0 bridgehead atoms. The van der Waals surface area contributed by atoms with Crippen LogP contribution in [0.1, 0.15) is 17.2 Å². The zero-order chi connectivity index (χ0) is 24.7. The van der Waals surface area contributed by atoms with Crippen LogP contribution in [0.3, 0.4) is 0 Å². The predicted molar refractivity (Wildman–Crippen MR) is 117 cm³/mol. The third-order valence-electron chi connectivity index (χ3n) is 5.29. The zero-order valence-electron chi connectivity index (χ0n) is 18.7. The van der Waals surface area contributed by atoms with E-state index in [2.05, 4.69) is 19.8 Å². The summed E-state index contributed by atoms with van der Waals surface area (Å²) in [6.45, 7) is 6.30. The van der Waals surface area contributed by atoms with E-state index in [4.69, 9.17) is 0 Å². The van der Waals surface area contributed by atoms with Crippen LogP contribution in [0, 0.1) is 20.8 Å². The normalized spacial score (nSPS) is 15.5. The summed E-state index contributed by atoms with van der Waals surface area (Å²) in [7, 11) is -4.20. The number of nitrogens with zero attached hydrogens (tertiary/aromatic N) is 6. The minimum absolute atomic E-state index is 0.0704. The van der Waals surface area contributed by atoms with Gasteiger partial charge in [0.05, 0.1) is 5.69 Å². The molecular weight excluding hydrogens is 473 g/mol. The molecule has 3 heterocycles. The molecule has 4 rings (SSSR count). The first-order valence-corrected chi connectivity index (χ1v) is 11.9. The molecule has 0 N–H and O–H groups in total. The van der Waals surface area contributed by atoms with Gasteiger partial charge in [0.2, 0.25) is 10.0 Å². The average Bonchev–Trinajstić information content (AvgIpc) is 3.10. The lowest BCUT2D eigenvalue weighted by atomic mass is 10.3. The number of halogens is 3. The van der Waals surface area contributed by atoms with Gasteiger partial charge in [0, 0.05) is 37.9 Å². The van der Waals surface area contributed by atoms with Gasteiger partial charge in [-0.05, 0) is 39.0 Å². The minimum Gasteiger partial charge on any atom is -0.404 e. The van der Waals surface area contributed by atoms with Crippen molar-refractivity contribution in [3.05, 3.63) is 53.6 Å². The molecule has 182 valence electrons. The SMILES string of the molecule is Cc1cc(C)n(-c2cc(N3CCN(S(=O)(=O)c4ccccc4OC(F)(F)F)CC3)nc(C)n2)n1. The van der Waals surface area contributed by atoms with Crippen molar-refractivity contribution in [2.75, 3.05) is 31.1 Å². The van der Waals surface area contributed by atoms with E-state index in [1.165, 1.54) is 12.1 Å². The molecule has 0 saturated carbocycles. The first kappa shape index (κ1) is 24.0. The molecule has 1 aliphatic rings. The van der Waals surface area contributed by atoms with E-state index >= 15 is 0 Å². The van der Waals surface area contributed by atoms with E-state index in [9.17, 15) is 21.6 Å². The van der Waals surface area contributed by atoms with E-state index in [0.29, 0.717) is 30.5 Å². The molecule has 1 fully saturated rings. The summed E-state index contributed by atoms with van der Waals surface area (Å²) in [6, 6.07) is 8.45. The number of para-hydroxylation sites is 1. The van der Waals surface area contributed by atoms with Crippen LogP contribution < -0.4 is 9.64 Å². The molecule has 0 spiro atoms. The lowest BCUT2D eigenvalue weighted by Crippen LogP contribution is -2.49. The smallest absolute Gasteiger partial charge is 0.404 e. The second kappa shape index (κ2) is 8.87. The van der Waals surface area contributed by atoms with Crippen LogP contribution in [-0.2, 0) is 10.0 Å². The second-order valence-corrected chi connectivity index (χ2v) is 9.76. The van der Waals surface area contributed by atoms with Gasteiger partial charge in [-0.2, -0.15) is 9.40 Å². The summed E-state index contributed by atoms with van der Waals surface area (Å²) >= 11 is 0. The van der Waals surface area contributed by atoms with Gasteiger partial charge in [-0.25, -0.2) is 23.1 Å². The molecule has 0 atom stereocenters. The number of sulfonamides is 1. The van der Waals surface area contributed by atoms with Crippen LogP contribution in [0.25, 0.3) is 5.82 Å². The van der Waals surface area contributed by atoms with E-state index in [1.54, 1.807) is 17.7 Å². The van der Waals surface area contributed by atoms with Crippen molar-refractivity contribution >= 4 is 15.8 Å². The summed E-state index contributed by atoms with van der Waals surface area (Å²) < 4.78 is 71.2. The molecule has 1 aromatic carbocycles. The van der Waals surface area contributed by atoms with Crippen molar-refractivity contribution in [3.8, 4) is 11.6 Å². The van der Waals surface area contributed by atoms with Crippen LogP contribution in [0.5, 0.6) is 5.75 Å². The summed E-state index contributed by atoms with van der Waals surface area (Å²) in [4.78, 5) is 10.3. The monoisotopic (exact) mass is 496 g/mol. The molecule has 13 heteroatoms. The predicted octanol–water partition coefficient (Wildman–Crippen LogP) is 3.00. The van der Waals surface area contributed by atoms with Crippen molar-refractivity contribution in [3.63, 3.8) is 0 Å². The van der Waals surface area contributed by atoms with Gasteiger partial charge in [0.25, 0.3) is 0 Å². The summed E-state index contributed by atoms with van der Waals surface area (Å²) in [6.07, 6.45) is -5.00. The van der Waals surface area contributed by atoms with E-state index in [1.807, 2.05) is 24.8 Å². The Morgan fingerprint density at radius 2 is 1.59 bits per heavy atom. The Morgan fingerprint density at radius 1 is 0.941 bits per heavy atom. The van der Waals surface area contributed by atoms with Crippen molar-refractivity contribution in [2.45, 2.75) is 32.0 Å². The number of rotatable bonds is 5. The van der Waals surface area contributed by atoms with Crippen LogP contribution in [0.15, 0.2) is 41.3 Å². The maximum absolute atomic E-state index is 13.1. The fraction of sp³-hybridized carbons (Fsp3) is 0.381. The standard InChI is InChI=1S/C21H23F3N6O3S/c1-14-12-15(2)30(27-14)20-13-19(25-16(3)26-20)28-8-10-29(11-9-28)34(31,32)18-7-5-4-6-17(18)33-21(22,23)24/h4-7,12-13H,8-11H2,1-3H3. The Kier molecular flexibility index (Phi) is 6.25. The highest BCUT2D eigenvalue weighted by molar-refractivity contribution is 7.89. The summed E-state index contributed by atoms with van der Waals surface area (Å²) in [5, 5.41) is 4.45. The molecular formula is C21H23F3N6O3S. The van der Waals surface area contributed by atoms with Gasteiger partial charge < -0.3 is 9.64 Å². The first-order valence-electron chi connectivity index (χ1n) is 10.4. The quantitative estimate of drug-likeness (QED) is 0.536. The number of aromatic nitrogens is 4. The van der Waals surface area contributed by atoms with Crippen LogP contribution in [0.2, 0.25) is 0 Å². The Hall–Kier alpha value is -3.19. The van der Waals surface area contributed by atoms with Gasteiger partial charge >= 0.3 is 6.36 Å². The topological polar surface area (TPSA) is 93.5 Å².